The van der Waals surface area contributed by atoms with Gasteiger partial charge in [-0.2, -0.15) is 0 Å². The van der Waals surface area contributed by atoms with Gasteiger partial charge in [0.1, 0.15) is 11.5 Å². The van der Waals surface area contributed by atoms with Gasteiger partial charge < -0.3 is 15.2 Å². The molecule has 0 amide bonds. The maximum atomic E-state index is 5.93. The lowest BCUT2D eigenvalue weighted by atomic mass is 10.1. The van der Waals surface area contributed by atoms with Gasteiger partial charge in [-0.15, -0.1) is 0 Å². The smallest absolute Gasteiger partial charge is 0.126 e. The Morgan fingerprint density at radius 2 is 1.90 bits per heavy atom. The predicted octanol–water partition coefficient (Wildman–Crippen LogP) is 3.93. The van der Waals surface area contributed by atoms with E-state index in [9.17, 15) is 0 Å². The van der Waals surface area contributed by atoms with E-state index in [4.69, 9.17) is 15.2 Å². The highest BCUT2D eigenvalue weighted by Gasteiger charge is 2.08. The minimum absolute atomic E-state index is 0.135. The van der Waals surface area contributed by atoms with Crippen LogP contribution in [0.1, 0.15) is 51.5 Å². The summed E-state index contributed by atoms with van der Waals surface area (Å²) in [6, 6.07) is 6.11. The molecular weight excluding hydrogens is 250 g/mol. The van der Waals surface area contributed by atoms with Crippen LogP contribution in [-0.4, -0.2) is 19.8 Å². The molecule has 1 rings (SSSR count). The third-order valence-electron chi connectivity index (χ3n) is 3.32. The molecule has 0 radical (unpaired) electrons. The lowest BCUT2D eigenvalue weighted by Crippen LogP contribution is -2.18. The maximum absolute atomic E-state index is 5.93. The Labute approximate surface area is 123 Å². The first-order chi connectivity index (χ1) is 9.67. The van der Waals surface area contributed by atoms with Crippen LogP contribution in [0.3, 0.4) is 0 Å². The maximum Gasteiger partial charge on any atom is 0.126 e. The van der Waals surface area contributed by atoms with E-state index >= 15 is 0 Å². The topological polar surface area (TPSA) is 44.5 Å². The molecule has 0 aliphatic heterocycles. The lowest BCUT2D eigenvalue weighted by molar-refractivity contribution is 0.299. The average molecular weight is 279 g/mol. The van der Waals surface area contributed by atoms with Crippen molar-refractivity contribution in [3.8, 4) is 11.5 Å². The largest absolute Gasteiger partial charge is 0.497 e. The minimum Gasteiger partial charge on any atom is -0.497 e. The van der Waals surface area contributed by atoms with Crippen molar-refractivity contribution in [1.29, 1.82) is 0 Å². The zero-order valence-electron chi connectivity index (χ0n) is 13.2. The molecule has 0 saturated carbocycles. The molecule has 0 heterocycles. The van der Waals surface area contributed by atoms with Crippen LogP contribution < -0.4 is 15.2 Å². The van der Waals surface area contributed by atoms with Crippen LogP contribution in [0, 0.1) is 0 Å². The van der Waals surface area contributed by atoms with Crippen LogP contribution in [0.15, 0.2) is 18.2 Å². The fraction of sp³-hybridized carbons (Fsp3) is 0.647. The standard InChI is InChI=1S/C17H29NO2/c1-4-5-6-7-8-11-20-17-13-16(19-3)10-9-15(17)12-14(2)18/h9-10,13-14H,4-8,11-12,18H2,1-3H3. The third kappa shape index (κ3) is 6.29. The van der Waals surface area contributed by atoms with Gasteiger partial charge in [0.15, 0.2) is 0 Å². The third-order valence-corrected chi connectivity index (χ3v) is 3.32. The predicted molar refractivity (Wildman–Crippen MR) is 84.6 cm³/mol. The van der Waals surface area contributed by atoms with E-state index in [1.165, 1.54) is 25.7 Å². The molecule has 0 aliphatic rings. The molecule has 0 aromatic heterocycles. The number of hydrogen-bond acceptors (Lipinski definition) is 3. The first kappa shape index (κ1) is 16.8. The second-order valence-corrected chi connectivity index (χ2v) is 5.42. The molecule has 1 atom stereocenters. The molecule has 0 bridgehead atoms. The van der Waals surface area contributed by atoms with Crippen molar-refractivity contribution < 1.29 is 9.47 Å². The Hall–Kier alpha value is -1.22. The van der Waals surface area contributed by atoms with Crippen molar-refractivity contribution in [2.45, 2.75) is 58.4 Å². The fourth-order valence-electron chi connectivity index (χ4n) is 2.20. The highest BCUT2D eigenvalue weighted by atomic mass is 16.5. The summed E-state index contributed by atoms with van der Waals surface area (Å²) in [5.41, 5.74) is 7.05. The number of benzene rings is 1. The first-order valence-electron chi connectivity index (χ1n) is 7.72. The van der Waals surface area contributed by atoms with Crippen molar-refractivity contribution >= 4 is 0 Å². The highest BCUT2D eigenvalue weighted by molar-refractivity contribution is 5.41. The van der Waals surface area contributed by atoms with E-state index in [2.05, 4.69) is 13.0 Å². The van der Waals surface area contributed by atoms with E-state index in [-0.39, 0.29) is 6.04 Å². The van der Waals surface area contributed by atoms with Gasteiger partial charge in [-0.25, -0.2) is 0 Å². The summed E-state index contributed by atoms with van der Waals surface area (Å²) >= 11 is 0. The number of unbranched alkanes of at least 4 members (excludes halogenated alkanes) is 4. The number of nitrogens with two attached hydrogens (primary N) is 1. The summed E-state index contributed by atoms with van der Waals surface area (Å²) in [4.78, 5) is 0. The van der Waals surface area contributed by atoms with Crippen molar-refractivity contribution in [2.24, 2.45) is 5.73 Å². The molecule has 2 N–H and O–H groups in total. The van der Waals surface area contributed by atoms with Crippen LogP contribution in [-0.2, 0) is 6.42 Å². The molecule has 0 aliphatic carbocycles. The van der Waals surface area contributed by atoms with E-state index in [1.807, 2.05) is 19.1 Å². The number of hydrogen-bond donors (Lipinski definition) is 1. The molecule has 0 saturated heterocycles. The number of methoxy groups -OCH3 is 1. The van der Waals surface area contributed by atoms with Crippen molar-refractivity contribution in [3.63, 3.8) is 0 Å². The molecule has 0 fully saturated rings. The van der Waals surface area contributed by atoms with Crippen LogP contribution >= 0.6 is 0 Å². The Bertz CT molecular complexity index is 377. The van der Waals surface area contributed by atoms with E-state index < -0.39 is 0 Å². The summed E-state index contributed by atoms with van der Waals surface area (Å²) < 4.78 is 11.2. The average Bonchev–Trinajstić information content (AvgIpc) is 2.43. The minimum atomic E-state index is 0.135. The van der Waals surface area contributed by atoms with Crippen molar-refractivity contribution in [1.82, 2.24) is 0 Å². The van der Waals surface area contributed by atoms with Crippen LogP contribution in [0.5, 0.6) is 11.5 Å². The fourth-order valence-corrected chi connectivity index (χ4v) is 2.20. The van der Waals surface area contributed by atoms with Gasteiger partial charge in [-0.1, -0.05) is 38.7 Å². The second kappa shape index (κ2) is 9.65. The summed E-state index contributed by atoms with van der Waals surface area (Å²) in [6.07, 6.45) is 7.06. The second-order valence-electron chi connectivity index (χ2n) is 5.42. The Morgan fingerprint density at radius 3 is 2.55 bits per heavy atom. The Kier molecular flexibility index (Phi) is 8.12. The quantitative estimate of drug-likeness (QED) is 0.660. The van der Waals surface area contributed by atoms with Gasteiger partial charge in [0.2, 0.25) is 0 Å². The SMILES string of the molecule is CCCCCCCOc1cc(OC)ccc1CC(C)N. The van der Waals surface area contributed by atoms with Crippen molar-refractivity contribution in [3.05, 3.63) is 23.8 Å². The Balaban J connectivity index is 2.52. The summed E-state index contributed by atoms with van der Waals surface area (Å²) in [5.74, 6) is 1.75. The van der Waals surface area contributed by atoms with Crippen LogP contribution in [0.4, 0.5) is 0 Å². The highest BCUT2D eigenvalue weighted by Crippen LogP contribution is 2.26. The zero-order valence-corrected chi connectivity index (χ0v) is 13.2. The van der Waals surface area contributed by atoms with Gasteiger partial charge in [0, 0.05) is 12.1 Å². The van der Waals surface area contributed by atoms with Gasteiger partial charge >= 0.3 is 0 Å². The monoisotopic (exact) mass is 279 g/mol. The number of ether oxygens (including phenoxy) is 2. The molecule has 3 nitrogen and oxygen atoms in total. The zero-order chi connectivity index (χ0) is 14.8. The van der Waals surface area contributed by atoms with Gasteiger partial charge in [0.05, 0.1) is 13.7 Å². The lowest BCUT2D eigenvalue weighted by Gasteiger charge is -2.14. The van der Waals surface area contributed by atoms with Gasteiger partial charge in [-0.3, -0.25) is 0 Å². The molecular formula is C17H29NO2. The van der Waals surface area contributed by atoms with Crippen LogP contribution in [0.25, 0.3) is 0 Å². The number of rotatable bonds is 10. The first-order valence-corrected chi connectivity index (χ1v) is 7.72. The van der Waals surface area contributed by atoms with Gasteiger partial charge in [0.25, 0.3) is 0 Å². The normalized spacial score (nSPS) is 12.2. The van der Waals surface area contributed by atoms with E-state index in [1.54, 1.807) is 7.11 Å². The van der Waals surface area contributed by atoms with Crippen molar-refractivity contribution in [2.75, 3.05) is 13.7 Å². The Morgan fingerprint density at radius 1 is 1.15 bits per heavy atom. The molecule has 114 valence electrons. The summed E-state index contributed by atoms with van der Waals surface area (Å²) in [7, 11) is 1.68. The van der Waals surface area contributed by atoms with E-state index in [0.717, 1.165) is 36.5 Å². The molecule has 0 spiro atoms. The molecule has 1 aromatic rings. The summed E-state index contributed by atoms with van der Waals surface area (Å²) in [5, 5.41) is 0. The molecule has 1 unspecified atom stereocenters. The molecule has 20 heavy (non-hydrogen) atoms. The van der Waals surface area contributed by atoms with E-state index in [0.29, 0.717) is 0 Å². The van der Waals surface area contributed by atoms with Crippen LogP contribution in [0.2, 0.25) is 0 Å². The van der Waals surface area contributed by atoms with Gasteiger partial charge in [-0.05, 0) is 31.4 Å². The molecule has 1 aromatic carbocycles. The molecule has 3 heteroatoms. The summed E-state index contributed by atoms with van der Waals surface area (Å²) in [6.45, 7) is 5.01.